The highest BCUT2D eigenvalue weighted by molar-refractivity contribution is 5.99. The molecular weight excluding hydrogens is 292 g/mol. The Kier molecular flexibility index (Phi) is 3.29. The number of likely N-dealkylation sites (tertiary alicyclic amines) is 1. The van der Waals surface area contributed by atoms with E-state index in [0.29, 0.717) is 25.3 Å². The molecule has 2 aliphatic heterocycles. The Morgan fingerprint density at radius 3 is 2.61 bits per heavy atom. The van der Waals surface area contributed by atoms with Crippen molar-refractivity contribution in [3.05, 3.63) is 54.6 Å². The van der Waals surface area contributed by atoms with Gasteiger partial charge in [0.15, 0.2) is 0 Å². The van der Waals surface area contributed by atoms with Crippen LogP contribution in [0.15, 0.2) is 48.9 Å². The standard InChI is InChI=1S/C17H16N4O2/c22-16-14-11-20(17(23)15-8-18-6-7-19-15)9-12(14)10-21(16)13-4-2-1-3-5-13/h1-8,12,14H,9-11H2/t12-,14-/m1/s1. The molecule has 4 rings (SSSR count). The van der Waals surface area contributed by atoms with Crippen molar-refractivity contribution in [1.82, 2.24) is 14.9 Å². The van der Waals surface area contributed by atoms with Gasteiger partial charge < -0.3 is 9.80 Å². The van der Waals surface area contributed by atoms with Gasteiger partial charge >= 0.3 is 0 Å². The first-order valence-electron chi connectivity index (χ1n) is 7.66. The van der Waals surface area contributed by atoms with E-state index in [0.717, 1.165) is 5.69 Å². The molecule has 2 aliphatic rings. The van der Waals surface area contributed by atoms with E-state index in [4.69, 9.17) is 0 Å². The van der Waals surface area contributed by atoms with Crippen molar-refractivity contribution in [2.75, 3.05) is 24.5 Å². The molecule has 0 radical (unpaired) electrons. The maximum atomic E-state index is 12.7. The summed E-state index contributed by atoms with van der Waals surface area (Å²) in [6.45, 7) is 1.72. The maximum Gasteiger partial charge on any atom is 0.274 e. The number of carbonyl (C=O) groups excluding carboxylic acids is 2. The highest BCUT2D eigenvalue weighted by atomic mass is 16.2. The van der Waals surface area contributed by atoms with E-state index < -0.39 is 0 Å². The lowest BCUT2D eigenvalue weighted by Crippen LogP contribution is -2.36. The van der Waals surface area contributed by atoms with Crippen LogP contribution in [0.25, 0.3) is 0 Å². The topological polar surface area (TPSA) is 66.4 Å². The van der Waals surface area contributed by atoms with Crippen molar-refractivity contribution in [1.29, 1.82) is 0 Å². The second kappa shape index (κ2) is 5.46. The van der Waals surface area contributed by atoms with Gasteiger partial charge in [-0.1, -0.05) is 18.2 Å². The van der Waals surface area contributed by atoms with Crippen molar-refractivity contribution in [2.24, 2.45) is 11.8 Å². The summed E-state index contributed by atoms with van der Waals surface area (Å²) in [6, 6.07) is 9.69. The number of carbonyl (C=O) groups is 2. The average molecular weight is 308 g/mol. The predicted octanol–water partition coefficient (Wildman–Crippen LogP) is 1.21. The summed E-state index contributed by atoms with van der Waals surface area (Å²) in [5.41, 5.74) is 1.26. The molecule has 1 aromatic carbocycles. The predicted molar refractivity (Wildman–Crippen MR) is 83.7 cm³/mol. The zero-order valence-corrected chi connectivity index (χ0v) is 12.5. The summed E-state index contributed by atoms with van der Waals surface area (Å²) < 4.78 is 0. The lowest BCUT2D eigenvalue weighted by atomic mass is 10.0. The maximum absolute atomic E-state index is 12.7. The van der Waals surface area contributed by atoms with E-state index in [9.17, 15) is 9.59 Å². The number of para-hydroxylation sites is 1. The molecule has 2 amide bonds. The summed E-state index contributed by atoms with van der Waals surface area (Å²) in [4.78, 5) is 36.6. The number of hydrogen-bond donors (Lipinski definition) is 0. The van der Waals surface area contributed by atoms with Crippen LogP contribution in [0.1, 0.15) is 10.5 Å². The number of amides is 2. The Bertz CT molecular complexity index is 735. The number of rotatable bonds is 2. The first kappa shape index (κ1) is 13.9. The van der Waals surface area contributed by atoms with Crippen LogP contribution >= 0.6 is 0 Å². The first-order valence-corrected chi connectivity index (χ1v) is 7.66. The van der Waals surface area contributed by atoms with Gasteiger partial charge in [0, 0.05) is 43.6 Å². The monoisotopic (exact) mass is 308 g/mol. The Morgan fingerprint density at radius 1 is 1.09 bits per heavy atom. The number of anilines is 1. The van der Waals surface area contributed by atoms with Crippen LogP contribution in [0, 0.1) is 11.8 Å². The molecule has 23 heavy (non-hydrogen) atoms. The van der Waals surface area contributed by atoms with Gasteiger partial charge in [-0.2, -0.15) is 0 Å². The first-order chi connectivity index (χ1) is 11.2. The zero-order valence-electron chi connectivity index (χ0n) is 12.5. The van der Waals surface area contributed by atoms with E-state index in [1.807, 2.05) is 35.2 Å². The molecule has 0 bridgehead atoms. The summed E-state index contributed by atoms with van der Waals surface area (Å²) in [5, 5.41) is 0. The molecule has 6 heteroatoms. The minimum Gasteiger partial charge on any atom is -0.336 e. The lowest BCUT2D eigenvalue weighted by Gasteiger charge is -2.21. The quantitative estimate of drug-likeness (QED) is 0.836. The van der Waals surface area contributed by atoms with Gasteiger partial charge in [-0.05, 0) is 12.1 Å². The SMILES string of the molecule is O=C(c1cnccn1)N1C[C@@H]2CN(c3ccccc3)C(=O)[C@@H]2C1. The van der Waals surface area contributed by atoms with Crippen LogP contribution in [0.5, 0.6) is 0 Å². The molecular formula is C17H16N4O2. The fourth-order valence-electron chi connectivity index (χ4n) is 3.44. The largest absolute Gasteiger partial charge is 0.336 e. The number of nitrogens with zero attached hydrogens (tertiary/aromatic N) is 4. The van der Waals surface area contributed by atoms with Gasteiger partial charge in [0.05, 0.1) is 12.1 Å². The Balaban J connectivity index is 1.49. The zero-order chi connectivity index (χ0) is 15.8. The van der Waals surface area contributed by atoms with Gasteiger partial charge in [-0.25, -0.2) is 4.98 Å². The Hall–Kier alpha value is -2.76. The van der Waals surface area contributed by atoms with Crippen LogP contribution < -0.4 is 4.90 Å². The summed E-state index contributed by atoms with van der Waals surface area (Å²) in [5.74, 6) is 0.0290. The van der Waals surface area contributed by atoms with Gasteiger partial charge in [-0.3, -0.25) is 14.6 Å². The second-order valence-corrected chi connectivity index (χ2v) is 5.95. The highest BCUT2D eigenvalue weighted by Crippen LogP contribution is 2.35. The van der Waals surface area contributed by atoms with E-state index >= 15 is 0 Å². The third-order valence-electron chi connectivity index (χ3n) is 4.58. The third-order valence-corrected chi connectivity index (χ3v) is 4.58. The van der Waals surface area contributed by atoms with Gasteiger partial charge in [0.1, 0.15) is 5.69 Å². The van der Waals surface area contributed by atoms with Crippen LogP contribution in [0.4, 0.5) is 5.69 Å². The van der Waals surface area contributed by atoms with E-state index in [1.54, 1.807) is 4.90 Å². The normalized spacial score (nSPS) is 23.2. The van der Waals surface area contributed by atoms with E-state index in [-0.39, 0.29) is 23.7 Å². The molecule has 2 saturated heterocycles. The van der Waals surface area contributed by atoms with Gasteiger partial charge in [0.2, 0.25) is 5.91 Å². The number of fused-ring (bicyclic) bond motifs is 1. The van der Waals surface area contributed by atoms with E-state index in [2.05, 4.69) is 9.97 Å². The van der Waals surface area contributed by atoms with Crippen LogP contribution in [-0.4, -0.2) is 46.3 Å². The van der Waals surface area contributed by atoms with Gasteiger partial charge in [-0.15, -0.1) is 0 Å². The minimum absolute atomic E-state index is 0.107. The fourth-order valence-corrected chi connectivity index (χ4v) is 3.44. The Labute approximate surface area is 133 Å². The molecule has 0 spiro atoms. The number of aromatic nitrogens is 2. The summed E-state index contributed by atoms with van der Waals surface area (Å²) in [7, 11) is 0. The fraction of sp³-hybridized carbons (Fsp3) is 0.294. The molecule has 0 saturated carbocycles. The lowest BCUT2D eigenvalue weighted by molar-refractivity contribution is -0.120. The molecule has 0 unspecified atom stereocenters. The molecule has 0 N–H and O–H groups in total. The van der Waals surface area contributed by atoms with Gasteiger partial charge in [0.25, 0.3) is 5.91 Å². The molecule has 2 atom stereocenters. The van der Waals surface area contributed by atoms with Crippen molar-refractivity contribution < 1.29 is 9.59 Å². The molecule has 0 aliphatic carbocycles. The summed E-state index contributed by atoms with van der Waals surface area (Å²) in [6.07, 6.45) is 4.51. The second-order valence-electron chi connectivity index (χ2n) is 5.95. The van der Waals surface area contributed by atoms with Crippen molar-refractivity contribution in [3.8, 4) is 0 Å². The third kappa shape index (κ3) is 2.36. The number of hydrogen-bond acceptors (Lipinski definition) is 4. The highest BCUT2D eigenvalue weighted by Gasteiger charge is 2.47. The Morgan fingerprint density at radius 2 is 1.91 bits per heavy atom. The van der Waals surface area contributed by atoms with Crippen LogP contribution in [0.2, 0.25) is 0 Å². The average Bonchev–Trinajstić information content (AvgIpc) is 3.16. The summed E-state index contributed by atoms with van der Waals surface area (Å²) >= 11 is 0. The molecule has 2 fully saturated rings. The van der Waals surface area contributed by atoms with Crippen molar-refractivity contribution in [3.63, 3.8) is 0 Å². The van der Waals surface area contributed by atoms with Crippen molar-refractivity contribution in [2.45, 2.75) is 0 Å². The number of benzene rings is 1. The van der Waals surface area contributed by atoms with Crippen molar-refractivity contribution >= 4 is 17.5 Å². The smallest absolute Gasteiger partial charge is 0.274 e. The molecule has 3 heterocycles. The van der Waals surface area contributed by atoms with E-state index in [1.165, 1.54) is 18.6 Å². The molecule has 116 valence electrons. The molecule has 6 nitrogen and oxygen atoms in total. The van der Waals surface area contributed by atoms with Crippen LogP contribution in [-0.2, 0) is 4.79 Å². The molecule has 2 aromatic rings. The minimum atomic E-state index is -0.147. The molecule has 1 aromatic heterocycles. The van der Waals surface area contributed by atoms with Crippen LogP contribution in [0.3, 0.4) is 0 Å².